The molecule has 250 valence electrons. The van der Waals surface area contributed by atoms with Crippen molar-refractivity contribution in [2.45, 2.75) is 19.3 Å². The Morgan fingerprint density at radius 3 is 1.60 bits per heavy atom. The summed E-state index contributed by atoms with van der Waals surface area (Å²) in [7, 11) is 0. The highest BCUT2D eigenvalue weighted by Crippen LogP contribution is 2.51. The molecule has 1 aliphatic rings. The molecule has 4 nitrogen and oxygen atoms in total. The fraction of sp³-hybridized carbons (Fsp3) is 0.0612. The summed E-state index contributed by atoms with van der Waals surface area (Å²) in [4.78, 5) is 10.9. The van der Waals surface area contributed by atoms with Gasteiger partial charge in [-0.3, -0.25) is 4.57 Å². The number of aromatic nitrogens is 4. The van der Waals surface area contributed by atoms with Crippen LogP contribution < -0.4 is 0 Å². The van der Waals surface area contributed by atoms with E-state index in [0.29, 0.717) is 5.95 Å². The molecule has 0 N–H and O–H groups in total. The van der Waals surface area contributed by atoms with Crippen LogP contribution in [0.15, 0.2) is 170 Å². The van der Waals surface area contributed by atoms with Crippen LogP contribution in [0, 0.1) is 0 Å². The van der Waals surface area contributed by atoms with Gasteiger partial charge in [0.2, 0.25) is 5.95 Å². The molecule has 10 aromatic rings. The molecule has 7 aromatic carbocycles. The third-order valence-electron chi connectivity index (χ3n) is 11.3. The van der Waals surface area contributed by atoms with Crippen molar-refractivity contribution >= 4 is 43.6 Å². The number of nitrogens with zero attached hydrogens (tertiary/aromatic N) is 4. The van der Waals surface area contributed by atoms with E-state index in [-0.39, 0.29) is 5.41 Å². The number of benzene rings is 7. The molecule has 0 atom stereocenters. The molecular weight excluding hydrogens is 645 g/mol. The predicted molar refractivity (Wildman–Crippen MR) is 219 cm³/mol. The average molecular weight is 679 g/mol. The van der Waals surface area contributed by atoms with Crippen molar-refractivity contribution in [2.75, 3.05) is 0 Å². The van der Waals surface area contributed by atoms with Gasteiger partial charge in [0.05, 0.1) is 33.5 Å². The first-order chi connectivity index (χ1) is 26.1. The molecule has 0 aliphatic heterocycles. The van der Waals surface area contributed by atoms with E-state index in [1.165, 1.54) is 60.4 Å². The van der Waals surface area contributed by atoms with Crippen molar-refractivity contribution in [3.63, 3.8) is 0 Å². The first kappa shape index (κ1) is 29.9. The van der Waals surface area contributed by atoms with Crippen molar-refractivity contribution in [2.24, 2.45) is 0 Å². The minimum Gasteiger partial charge on any atom is -0.309 e. The number of hydrogen-bond acceptors (Lipinski definition) is 2. The molecular formula is C49H34N4. The van der Waals surface area contributed by atoms with Gasteiger partial charge < -0.3 is 4.57 Å². The van der Waals surface area contributed by atoms with Crippen LogP contribution in [0.5, 0.6) is 0 Å². The molecule has 0 unspecified atom stereocenters. The SMILES string of the molecule is CC1(C)c2ccccc2-c2nc(-n3c4ccccc4c4cc(-c5ccc6c(c5)c5ccccc5n6-c5ccccc5)ccc43)nc(-c3ccccc3)c21. The van der Waals surface area contributed by atoms with Crippen molar-refractivity contribution in [3.05, 3.63) is 181 Å². The molecule has 11 rings (SSSR count). The number of rotatable bonds is 4. The summed E-state index contributed by atoms with van der Waals surface area (Å²) in [5.41, 5.74) is 14.6. The Morgan fingerprint density at radius 1 is 0.415 bits per heavy atom. The summed E-state index contributed by atoms with van der Waals surface area (Å²) in [5.74, 6) is 0.684. The van der Waals surface area contributed by atoms with Gasteiger partial charge in [0.15, 0.2) is 0 Å². The molecule has 53 heavy (non-hydrogen) atoms. The van der Waals surface area contributed by atoms with E-state index in [0.717, 1.165) is 33.7 Å². The van der Waals surface area contributed by atoms with Crippen LogP contribution in [0.3, 0.4) is 0 Å². The topological polar surface area (TPSA) is 35.6 Å². The fourth-order valence-electron chi connectivity index (χ4n) is 8.89. The Hall–Kier alpha value is -6.78. The van der Waals surface area contributed by atoms with Gasteiger partial charge >= 0.3 is 0 Å². The van der Waals surface area contributed by atoms with Crippen molar-refractivity contribution in [3.8, 4) is 45.3 Å². The van der Waals surface area contributed by atoms with Crippen LogP contribution in [-0.2, 0) is 5.41 Å². The zero-order chi connectivity index (χ0) is 35.3. The molecule has 3 aromatic heterocycles. The normalized spacial score (nSPS) is 13.2. The lowest BCUT2D eigenvalue weighted by molar-refractivity contribution is 0.657. The lowest BCUT2D eigenvalue weighted by Crippen LogP contribution is -2.18. The van der Waals surface area contributed by atoms with Crippen LogP contribution in [0.1, 0.15) is 25.0 Å². The molecule has 0 bridgehead atoms. The highest BCUT2D eigenvalue weighted by atomic mass is 15.2. The van der Waals surface area contributed by atoms with Gasteiger partial charge in [-0.05, 0) is 65.2 Å². The zero-order valence-corrected chi connectivity index (χ0v) is 29.5. The summed E-state index contributed by atoms with van der Waals surface area (Å²) in [6.07, 6.45) is 0. The second-order valence-corrected chi connectivity index (χ2v) is 14.6. The second kappa shape index (κ2) is 11.1. The van der Waals surface area contributed by atoms with E-state index in [1.54, 1.807) is 0 Å². The van der Waals surface area contributed by atoms with E-state index in [4.69, 9.17) is 9.97 Å². The van der Waals surface area contributed by atoms with Crippen LogP contribution in [0.2, 0.25) is 0 Å². The van der Waals surface area contributed by atoms with Gasteiger partial charge in [-0.2, -0.15) is 0 Å². The van der Waals surface area contributed by atoms with Gasteiger partial charge in [0.1, 0.15) is 0 Å². The van der Waals surface area contributed by atoms with Crippen LogP contribution in [-0.4, -0.2) is 19.1 Å². The molecule has 0 radical (unpaired) electrons. The van der Waals surface area contributed by atoms with Crippen molar-refractivity contribution in [1.82, 2.24) is 19.1 Å². The molecule has 0 spiro atoms. The fourth-order valence-corrected chi connectivity index (χ4v) is 8.89. The van der Waals surface area contributed by atoms with E-state index in [9.17, 15) is 0 Å². The van der Waals surface area contributed by atoms with Gasteiger partial charge in [0, 0.05) is 49.3 Å². The van der Waals surface area contributed by atoms with Gasteiger partial charge in [-0.15, -0.1) is 0 Å². The van der Waals surface area contributed by atoms with Crippen LogP contribution >= 0.6 is 0 Å². The summed E-state index contributed by atoms with van der Waals surface area (Å²) in [6, 6.07) is 61.0. The monoisotopic (exact) mass is 678 g/mol. The third kappa shape index (κ3) is 4.30. The van der Waals surface area contributed by atoms with E-state index >= 15 is 0 Å². The summed E-state index contributed by atoms with van der Waals surface area (Å²) in [6.45, 7) is 4.60. The smallest absolute Gasteiger partial charge is 0.235 e. The van der Waals surface area contributed by atoms with Gasteiger partial charge in [0.25, 0.3) is 0 Å². The molecule has 0 saturated carbocycles. The maximum atomic E-state index is 5.46. The molecule has 0 saturated heterocycles. The number of hydrogen-bond donors (Lipinski definition) is 0. The van der Waals surface area contributed by atoms with E-state index in [2.05, 4.69) is 193 Å². The molecule has 0 fully saturated rings. The minimum absolute atomic E-state index is 0.236. The highest BCUT2D eigenvalue weighted by Gasteiger charge is 2.40. The van der Waals surface area contributed by atoms with Crippen molar-refractivity contribution < 1.29 is 0 Å². The zero-order valence-electron chi connectivity index (χ0n) is 29.5. The third-order valence-corrected chi connectivity index (χ3v) is 11.3. The van der Waals surface area contributed by atoms with Crippen molar-refractivity contribution in [1.29, 1.82) is 0 Å². The number of fused-ring (bicyclic) bond motifs is 9. The minimum atomic E-state index is -0.236. The molecule has 4 heteroatoms. The van der Waals surface area contributed by atoms with Gasteiger partial charge in [-0.1, -0.05) is 135 Å². The molecule has 3 heterocycles. The van der Waals surface area contributed by atoms with E-state index < -0.39 is 0 Å². The standard InChI is InChI=1S/C49H34N4/c1-49(2)40-22-12-9-21-37(40)47-45(49)46(31-15-5-3-6-16-31)50-48(51-47)53-42-24-14-11-20-36(42)39-30-33(26-28-44(39)53)32-25-27-43-38(29-32)35-19-10-13-23-41(35)52(43)34-17-7-4-8-18-34/h3-30H,1-2H3. The Labute approximate surface area is 307 Å². The first-order valence-electron chi connectivity index (χ1n) is 18.3. The largest absolute Gasteiger partial charge is 0.309 e. The van der Waals surface area contributed by atoms with E-state index in [1.807, 2.05) is 0 Å². The first-order valence-corrected chi connectivity index (χ1v) is 18.3. The number of para-hydroxylation sites is 3. The lowest BCUT2D eigenvalue weighted by Gasteiger charge is -2.24. The average Bonchev–Trinajstić information content (AvgIpc) is 3.81. The maximum Gasteiger partial charge on any atom is 0.235 e. The lowest BCUT2D eigenvalue weighted by atomic mass is 9.81. The Bertz CT molecular complexity index is 3080. The van der Waals surface area contributed by atoms with Crippen LogP contribution in [0.25, 0.3) is 88.9 Å². The second-order valence-electron chi connectivity index (χ2n) is 14.6. The molecule has 0 amide bonds. The predicted octanol–water partition coefficient (Wildman–Crippen LogP) is 12.3. The highest BCUT2D eigenvalue weighted by molar-refractivity contribution is 6.12. The Balaban J connectivity index is 1.13. The Morgan fingerprint density at radius 2 is 0.925 bits per heavy atom. The summed E-state index contributed by atoms with van der Waals surface area (Å²) >= 11 is 0. The van der Waals surface area contributed by atoms with Gasteiger partial charge in [-0.25, -0.2) is 9.97 Å². The Kier molecular flexibility index (Phi) is 6.27. The molecule has 1 aliphatic carbocycles. The van der Waals surface area contributed by atoms with Crippen LogP contribution in [0.4, 0.5) is 0 Å². The summed E-state index contributed by atoms with van der Waals surface area (Å²) < 4.78 is 4.62. The maximum absolute atomic E-state index is 5.46. The quantitative estimate of drug-likeness (QED) is 0.186. The summed E-state index contributed by atoms with van der Waals surface area (Å²) in [5, 5.41) is 4.85.